The summed E-state index contributed by atoms with van der Waals surface area (Å²) >= 11 is 1.62. The van der Waals surface area contributed by atoms with Crippen LogP contribution in [0.1, 0.15) is 35.6 Å². The molecule has 0 aliphatic rings. The molecule has 0 rings (SSSR count). The summed E-state index contributed by atoms with van der Waals surface area (Å²) in [6, 6.07) is 0. The Balaban J connectivity index is -0.000000605. The largest absolute Gasteiger partial charge is 0.451 e. The molecule has 0 aromatic rings. The van der Waals surface area contributed by atoms with Gasteiger partial charge in [-0.1, -0.05) is 35.3 Å². The molecule has 0 heterocycles. The topological polar surface area (TPSA) is 26.3 Å². The van der Waals surface area contributed by atoms with Crippen LogP contribution in [0.3, 0.4) is 0 Å². The number of hydrogen-bond donors (Lipinski definition) is 0. The van der Waals surface area contributed by atoms with Gasteiger partial charge >= 0.3 is 5.97 Å². The molecule has 14 heavy (non-hydrogen) atoms. The lowest BCUT2D eigenvalue weighted by atomic mass is 10.3. The summed E-state index contributed by atoms with van der Waals surface area (Å²) in [5, 5.41) is 0. The van der Waals surface area contributed by atoms with Crippen molar-refractivity contribution < 1.29 is 9.53 Å². The number of hydrogen-bond acceptors (Lipinski definition) is 3. The standard InChI is InChI=1S/C9H16O2S.2CH4/c1-7(2)5-12-6-11-9(10)8(3)4;;/h7H,3,5-6H2,1-2,4H3;2*1H4. The third-order valence-corrected chi connectivity index (χ3v) is 2.26. The van der Waals surface area contributed by atoms with Crippen LogP contribution >= 0.6 is 11.8 Å². The first kappa shape index (κ1) is 19.2. The van der Waals surface area contributed by atoms with E-state index in [4.69, 9.17) is 4.74 Å². The second kappa shape index (κ2) is 10.6. The molecule has 0 spiro atoms. The lowest BCUT2D eigenvalue weighted by molar-refractivity contribution is -0.136. The van der Waals surface area contributed by atoms with Crippen LogP contribution in [-0.2, 0) is 9.53 Å². The van der Waals surface area contributed by atoms with E-state index in [1.165, 1.54) is 0 Å². The average molecular weight is 220 g/mol. The van der Waals surface area contributed by atoms with Gasteiger partial charge in [0.1, 0.15) is 5.94 Å². The van der Waals surface area contributed by atoms with Gasteiger partial charge in [-0.15, -0.1) is 11.8 Å². The van der Waals surface area contributed by atoms with E-state index in [-0.39, 0.29) is 20.8 Å². The van der Waals surface area contributed by atoms with Gasteiger partial charge in [0, 0.05) is 5.57 Å². The molecule has 0 saturated heterocycles. The quantitative estimate of drug-likeness (QED) is 0.306. The van der Waals surface area contributed by atoms with E-state index in [9.17, 15) is 4.79 Å². The average Bonchev–Trinajstić information content (AvgIpc) is 1.97. The van der Waals surface area contributed by atoms with Crippen molar-refractivity contribution in [2.45, 2.75) is 35.6 Å². The maximum absolute atomic E-state index is 10.9. The summed E-state index contributed by atoms with van der Waals surface area (Å²) in [5.74, 6) is 1.79. The van der Waals surface area contributed by atoms with E-state index in [0.717, 1.165) is 5.75 Å². The molecule has 0 saturated carbocycles. The Kier molecular flexibility index (Phi) is 14.6. The highest BCUT2D eigenvalue weighted by atomic mass is 32.2. The SMILES string of the molecule is C.C.C=C(C)C(=O)OCSCC(C)C. The molecule has 0 N–H and O–H groups in total. The second-order valence-corrected chi connectivity index (χ2v) is 4.07. The summed E-state index contributed by atoms with van der Waals surface area (Å²) in [4.78, 5) is 10.9. The summed E-state index contributed by atoms with van der Waals surface area (Å²) in [7, 11) is 0. The molecule has 0 bridgehead atoms. The molecule has 0 radical (unpaired) electrons. The molecular formula is C11H24O2S. The summed E-state index contributed by atoms with van der Waals surface area (Å²) in [6.45, 7) is 9.40. The number of rotatable bonds is 5. The Morgan fingerprint density at radius 2 is 1.93 bits per heavy atom. The second-order valence-electron chi connectivity index (χ2n) is 3.09. The number of thioether (sulfide) groups is 1. The van der Waals surface area contributed by atoms with E-state index in [1.54, 1.807) is 18.7 Å². The molecule has 0 amide bonds. The highest BCUT2D eigenvalue weighted by Crippen LogP contribution is 2.08. The van der Waals surface area contributed by atoms with Gasteiger partial charge in [-0.05, 0) is 18.6 Å². The first-order valence-electron chi connectivity index (χ1n) is 3.94. The van der Waals surface area contributed by atoms with Gasteiger partial charge in [0.15, 0.2) is 0 Å². The minimum atomic E-state index is -0.300. The zero-order valence-electron chi connectivity index (χ0n) is 7.92. The third kappa shape index (κ3) is 11.6. The minimum Gasteiger partial charge on any atom is -0.451 e. The smallest absolute Gasteiger partial charge is 0.333 e. The Bertz CT molecular complexity index is 165. The van der Waals surface area contributed by atoms with Crippen molar-refractivity contribution in [2.75, 3.05) is 11.7 Å². The van der Waals surface area contributed by atoms with Crippen LogP contribution in [0.2, 0.25) is 0 Å². The van der Waals surface area contributed by atoms with E-state index in [2.05, 4.69) is 20.4 Å². The van der Waals surface area contributed by atoms with Crippen molar-refractivity contribution >= 4 is 17.7 Å². The molecule has 0 aromatic heterocycles. The minimum absolute atomic E-state index is 0. The van der Waals surface area contributed by atoms with Gasteiger partial charge in [0.25, 0.3) is 0 Å². The molecular weight excluding hydrogens is 196 g/mol. The van der Waals surface area contributed by atoms with Crippen molar-refractivity contribution in [3.63, 3.8) is 0 Å². The van der Waals surface area contributed by atoms with Gasteiger partial charge in [-0.3, -0.25) is 0 Å². The number of carbonyl (C=O) groups is 1. The number of ether oxygens (including phenoxy) is 1. The van der Waals surface area contributed by atoms with Crippen LogP contribution in [0, 0.1) is 5.92 Å². The van der Waals surface area contributed by atoms with E-state index in [0.29, 0.717) is 17.4 Å². The van der Waals surface area contributed by atoms with Crippen molar-refractivity contribution in [2.24, 2.45) is 5.92 Å². The van der Waals surface area contributed by atoms with Crippen LogP contribution < -0.4 is 0 Å². The molecule has 0 aromatic carbocycles. The highest BCUT2D eigenvalue weighted by Gasteiger charge is 2.02. The predicted octanol–water partition coefficient (Wildman–Crippen LogP) is 3.72. The van der Waals surface area contributed by atoms with Gasteiger partial charge < -0.3 is 4.74 Å². The van der Waals surface area contributed by atoms with Crippen molar-refractivity contribution in [1.82, 2.24) is 0 Å². The zero-order chi connectivity index (χ0) is 9.56. The van der Waals surface area contributed by atoms with Crippen molar-refractivity contribution in [3.8, 4) is 0 Å². The predicted molar refractivity (Wildman–Crippen MR) is 66.5 cm³/mol. The Morgan fingerprint density at radius 1 is 1.43 bits per heavy atom. The van der Waals surface area contributed by atoms with Gasteiger partial charge in [-0.2, -0.15) is 0 Å². The van der Waals surface area contributed by atoms with E-state index in [1.807, 2.05) is 0 Å². The molecule has 2 nitrogen and oxygen atoms in total. The van der Waals surface area contributed by atoms with Crippen LogP contribution in [0.4, 0.5) is 0 Å². The van der Waals surface area contributed by atoms with Gasteiger partial charge in [0.05, 0.1) is 0 Å². The molecule has 86 valence electrons. The normalized spacial score (nSPS) is 8.57. The Hall–Kier alpha value is -0.440. The Labute approximate surface area is 93.1 Å². The first-order chi connectivity index (χ1) is 5.54. The van der Waals surface area contributed by atoms with Crippen molar-refractivity contribution in [3.05, 3.63) is 12.2 Å². The summed E-state index contributed by atoms with van der Waals surface area (Å²) in [5.41, 5.74) is 0.458. The van der Waals surface area contributed by atoms with Crippen LogP contribution in [-0.4, -0.2) is 17.7 Å². The maximum Gasteiger partial charge on any atom is 0.333 e. The van der Waals surface area contributed by atoms with E-state index >= 15 is 0 Å². The molecule has 3 heteroatoms. The van der Waals surface area contributed by atoms with Crippen LogP contribution in [0.5, 0.6) is 0 Å². The van der Waals surface area contributed by atoms with Gasteiger partial charge in [0.2, 0.25) is 0 Å². The monoisotopic (exact) mass is 220 g/mol. The van der Waals surface area contributed by atoms with Gasteiger partial charge in [-0.25, -0.2) is 4.79 Å². The summed E-state index contributed by atoms with van der Waals surface area (Å²) in [6.07, 6.45) is 0. The highest BCUT2D eigenvalue weighted by molar-refractivity contribution is 7.99. The molecule has 0 atom stereocenters. The van der Waals surface area contributed by atoms with Crippen LogP contribution in [0.15, 0.2) is 12.2 Å². The van der Waals surface area contributed by atoms with Crippen molar-refractivity contribution in [1.29, 1.82) is 0 Å². The third-order valence-electron chi connectivity index (χ3n) is 1.07. The lowest BCUT2D eigenvalue weighted by Crippen LogP contribution is -2.05. The molecule has 0 fully saturated rings. The zero-order valence-corrected chi connectivity index (χ0v) is 8.74. The fourth-order valence-corrected chi connectivity index (χ4v) is 1.26. The number of carbonyl (C=O) groups excluding carboxylic acids is 1. The Morgan fingerprint density at radius 3 is 2.29 bits per heavy atom. The fourth-order valence-electron chi connectivity index (χ4n) is 0.502. The lowest BCUT2D eigenvalue weighted by Gasteiger charge is -2.05. The molecule has 0 aliphatic carbocycles. The maximum atomic E-state index is 10.9. The first-order valence-corrected chi connectivity index (χ1v) is 5.10. The molecule has 0 aliphatic heterocycles. The van der Waals surface area contributed by atoms with Crippen LogP contribution in [0.25, 0.3) is 0 Å². The fraction of sp³-hybridized carbons (Fsp3) is 0.727. The summed E-state index contributed by atoms with van der Waals surface area (Å²) < 4.78 is 4.88. The van der Waals surface area contributed by atoms with E-state index < -0.39 is 0 Å². The number of esters is 1. The molecule has 0 unspecified atom stereocenters.